The van der Waals surface area contributed by atoms with Gasteiger partial charge in [0.1, 0.15) is 5.82 Å². The van der Waals surface area contributed by atoms with Crippen LogP contribution < -0.4 is 9.62 Å². The second-order valence-corrected chi connectivity index (χ2v) is 7.32. The highest BCUT2D eigenvalue weighted by atomic mass is 32.2. The van der Waals surface area contributed by atoms with Gasteiger partial charge in [0.05, 0.1) is 11.8 Å². The Labute approximate surface area is 125 Å². The first-order valence-electron chi connectivity index (χ1n) is 7.09. The lowest BCUT2D eigenvalue weighted by Gasteiger charge is -2.33. The summed E-state index contributed by atoms with van der Waals surface area (Å²) in [6.45, 7) is 1.58. The summed E-state index contributed by atoms with van der Waals surface area (Å²) in [7, 11) is -3.16. The maximum atomic E-state index is 11.4. The Bertz CT molecular complexity index is 745. The van der Waals surface area contributed by atoms with Gasteiger partial charge in [-0.15, -0.1) is 0 Å². The number of hydrogen-bond donors (Lipinski definition) is 1. The molecular weight excluding hydrogens is 286 g/mol. The van der Waals surface area contributed by atoms with E-state index < -0.39 is 10.0 Å². The normalized spacial score (nSPS) is 19.9. The van der Waals surface area contributed by atoms with E-state index in [1.807, 2.05) is 30.3 Å². The maximum Gasteiger partial charge on any atom is 0.209 e. The number of hydrogen-bond acceptors (Lipinski definition) is 4. The maximum absolute atomic E-state index is 11.4. The summed E-state index contributed by atoms with van der Waals surface area (Å²) in [5.41, 5.74) is 0.966. The second kappa shape index (κ2) is 5.61. The molecule has 1 N–H and O–H groups in total. The number of nitrogens with one attached hydrogen (secondary N) is 1. The molecule has 0 spiro atoms. The van der Waals surface area contributed by atoms with Crippen molar-refractivity contribution in [2.75, 3.05) is 24.2 Å². The largest absolute Gasteiger partial charge is 0.355 e. The number of pyridine rings is 1. The SMILES string of the molecule is CS(=O)(=O)N[C@H]1CCCN(c2ccc3ccccc3n2)C1. The predicted octanol–water partition coefficient (Wildman–Crippen LogP) is 1.75. The van der Waals surface area contributed by atoms with Crippen molar-refractivity contribution in [3.63, 3.8) is 0 Å². The van der Waals surface area contributed by atoms with Gasteiger partial charge in [0.15, 0.2) is 0 Å². The van der Waals surface area contributed by atoms with Crippen LogP contribution in [0, 0.1) is 0 Å². The van der Waals surface area contributed by atoms with Gasteiger partial charge in [-0.1, -0.05) is 18.2 Å². The molecule has 0 amide bonds. The van der Waals surface area contributed by atoms with Gasteiger partial charge in [-0.05, 0) is 31.0 Å². The van der Waals surface area contributed by atoms with Gasteiger partial charge in [0.25, 0.3) is 0 Å². The molecule has 0 bridgehead atoms. The Morgan fingerprint density at radius 3 is 2.86 bits per heavy atom. The summed E-state index contributed by atoms with van der Waals surface area (Å²) < 4.78 is 25.4. The molecule has 1 aromatic carbocycles. The average molecular weight is 305 g/mol. The zero-order valence-corrected chi connectivity index (χ0v) is 12.8. The minimum atomic E-state index is -3.16. The number of fused-ring (bicyclic) bond motifs is 1. The molecule has 1 aromatic heterocycles. The highest BCUT2D eigenvalue weighted by Gasteiger charge is 2.23. The molecule has 1 aliphatic rings. The fourth-order valence-corrected chi connectivity index (χ4v) is 3.61. The summed E-state index contributed by atoms with van der Waals surface area (Å²) in [4.78, 5) is 6.83. The number of anilines is 1. The molecule has 0 unspecified atom stereocenters. The van der Waals surface area contributed by atoms with Crippen LogP contribution in [0.15, 0.2) is 36.4 Å². The van der Waals surface area contributed by atoms with Crippen LogP contribution in [0.3, 0.4) is 0 Å². The molecule has 6 heteroatoms. The van der Waals surface area contributed by atoms with Crippen molar-refractivity contribution >= 4 is 26.7 Å². The smallest absolute Gasteiger partial charge is 0.209 e. The van der Waals surface area contributed by atoms with E-state index in [1.165, 1.54) is 6.26 Å². The second-order valence-electron chi connectivity index (χ2n) is 5.54. The summed E-state index contributed by atoms with van der Waals surface area (Å²) in [5.74, 6) is 0.911. The Hall–Kier alpha value is -1.66. The van der Waals surface area contributed by atoms with Crippen LogP contribution in [-0.2, 0) is 10.0 Å². The van der Waals surface area contributed by atoms with Gasteiger partial charge in [0.2, 0.25) is 10.0 Å². The predicted molar refractivity (Wildman–Crippen MR) is 85.0 cm³/mol. The summed E-state index contributed by atoms with van der Waals surface area (Å²) in [5, 5.41) is 1.11. The van der Waals surface area contributed by atoms with Crippen LogP contribution >= 0.6 is 0 Å². The summed E-state index contributed by atoms with van der Waals surface area (Å²) in [6.07, 6.45) is 3.04. The molecule has 1 atom stereocenters. The van der Waals surface area contributed by atoms with Crippen LogP contribution in [0.25, 0.3) is 10.9 Å². The third kappa shape index (κ3) is 3.51. The van der Waals surface area contributed by atoms with Crippen molar-refractivity contribution in [1.82, 2.24) is 9.71 Å². The fraction of sp³-hybridized carbons (Fsp3) is 0.400. The van der Waals surface area contributed by atoms with Gasteiger partial charge in [-0.2, -0.15) is 0 Å². The van der Waals surface area contributed by atoms with Crippen LogP contribution in [-0.4, -0.2) is 38.8 Å². The number of aromatic nitrogens is 1. The van der Waals surface area contributed by atoms with E-state index in [9.17, 15) is 8.42 Å². The van der Waals surface area contributed by atoms with Gasteiger partial charge in [-0.3, -0.25) is 0 Å². The van der Waals surface area contributed by atoms with Crippen molar-refractivity contribution < 1.29 is 8.42 Å². The van der Waals surface area contributed by atoms with Crippen molar-refractivity contribution in [1.29, 1.82) is 0 Å². The van der Waals surface area contributed by atoms with Crippen molar-refractivity contribution in [2.24, 2.45) is 0 Å². The van der Waals surface area contributed by atoms with E-state index in [4.69, 9.17) is 0 Å². The summed E-state index contributed by atoms with van der Waals surface area (Å²) >= 11 is 0. The van der Waals surface area contributed by atoms with Crippen LogP contribution in [0.2, 0.25) is 0 Å². The minimum absolute atomic E-state index is 0.0398. The van der Waals surface area contributed by atoms with Crippen LogP contribution in [0.1, 0.15) is 12.8 Å². The summed E-state index contributed by atoms with van der Waals surface area (Å²) in [6, 6.07) is 12.0. The van der Waals surface area contributed by atoms with Gasteiger partial charge < -0.3 is 4.90 Å². The zero-order chi connectivity index (χ0) is 14.9. The highest BCUT2D eigenvalue weighted by Crippen LogP contribution is 2.21. The average Bonchev–Trinajstić information content (AvgIpc) is 2.45. The molecule has 3 rings (SSSR count). The van der Waals surface area contributed by atoms with Crippen molar-refractivity contribution in [3.05, 3.63) is 36.4 Å². The van der Waals surface area contributed by atoms with E-state index in [2.05, 4.69) is 20.7 Å². The molecule has 1 saturated heterocycles. The van der Waals surface area contributed by atoms with E-state index in [1.54, 1.807) is 0 Å². The van der Waals surface area contributed by atoms with E-state index >= 15 is 0 Å². The monoisotopic (exact) mass is 305 g/mol. The molecular formula is C15H19N3O2S. The topological polar surface area (TPSA) is 62.3 Å². The number of nitrogens with zero attached hydrogens (tertiary/aromatic N) is 2. The molecule has 2 aromatic rings. The number of rotatable bonds is 3. The number of sulfonamides is 1. The molecule has 0 radical (unpaired) electrons. The molecule has 0 saturated carbocycles. The fourth-order valence-electron chi connectivity index (χ4n) is 2.82. The third-order valence-electron chi connectivity index (χ3n) is 3.71. The van der Waals surface area contributed by atoms with Gasteiger partial charge in [0, 0.05) is 24.5 Å². The van der Waals surface area contributed by atoms with Gasteiger partial charge >= 0.3 is 0 Å². The molecule has 21 heavy (non-hydrogen) atoms. The molecule has 1 aliphatic heterocycles. The lowest BCUT2D eigenvalue weighted by Crippen LogP contribution is -2.47. The number of piperidine rings is 1. The third-order valence-corrected chi connectivity index (χ3v) is 4.47. The number of benzene rings is 1. The van der Waals surface area contributed by atoms with Crippen molar-refractivity contribution in [2.45, 2.75) is 18.9 Å². The van der Waals surface area contributed by atoms with Gasteiger partial charge in [-0.25, -0.2) is 18.1 Å². The Balaban J connectivity index is 1.81. The first-order valence-corrected chi connectivity index (χ1v) is 8.98. The van der Waals surface area contributed by atoms with E-state index in [0.29, 0.717) is 6.54 Å². The first kappa shape index (κ1) is 14.3. The Morgan fingerprint density at radius 1 is 1.24 bits per heavy atom. The standard InChI is InChI=1S/C15H19N3O2S/c1-21(19,20)17-13-6-4-10-18(11-13)15-9-8-12-5-2-3-7-14(12)16-15/h2-3,5,7-9,13,17H,4,6,10-11H2,1H3/t13-/m0/s1. The molecule has 5 nitrogen and oxygen atoms in total. The first-order chi connectivity index (χ1) is 10.0. The Morgan fingerprint density at radius 2 is 2.05 bits per heavy atom. The lowest BCUT2D eigenvalue weighted by atomic mass is 10.1. The molecule has 2 heterocycles. The van der Waals surface area contributed by atoms with Crippen LogP contribution in [0.4, 0.5) is 5.82 Å². The number of para-hydroxylation sites is 1. The Kier molecular flexibility index (Phi) is 3.82. The molecule has 0 aliphatic carbocycles. The lowest BCUT2D eigenvalue weighted by molar-refractivity contribution is 0.466. The van der Waals surface area contributed by atoms with Crippen molar-refractivity contribution in [3.8, 4) is 0 Å². The zero-order valence-electron chi connectivity index (χ0n) is 12.0. The van der Waals surface area contributed by atoms with E-state index in [0.717, 1.165) is 36.1 Å². The molecule has 1 fully saturated rings. The highest BCUT2D eigenvalue weighted by molar-refractivity contribution is 7.88. The van der Waals surface area contributed by atoms with Crippen LogP contribution in [0.5, 0.6) is 0 Å². The minimum Gasteiger partial charge on any atom is -0.355 e. The van der Waals surface area contributed by atoms with E-state index in [-0.39, 0.29) is 6.04 Å². The quantitative estimate of drug-likeness (QED) is 0.938. The molecule has 112 valence electrons.